The van der Waals surface area contributed by atoms with E-state index in [4.69, 9.17) is 4.74 Å². The summed E-state index contributed by atoms with van der Waals surface area (Å²) in [5.41, 5.74) is 4.05. The highest BCUT2D eigenvalue weighted by Gasteiger charge is 2.24. The summed E-state index contributed by atoms with van der Waals surface area (Å²) in [5, 5.41) is 3.48. The first kappa shape index (κ1) is 14.2. The van der Waals surface area contributed by atoms with Gasteiger partial charge >= 0.3 is 0 Å². The summed E-state index contributed by atoms with van der Waals surface area (Å²) in [5.74, 6) is 1.63. The molecule has 2 atom stereocenters. The number of fused-ring (bicyclic) bond motifs is 1. The van der Waals surface area contributed by atoms with Gasteiger partial charge in [0, 0.05) is 6.04 Å². The minimum Gasteiger partial charge on any atom is -0.493 e. The van der Waals surface area contributed by atoms with Gasteiger partial charge in [-0.1, -0.05) is 48.0 Å². The van der Waals surface area contributed by atoms with E-state index in [-0.39, 0.29) is 0 Å². The molecule has 21 heavy (non-hydrogen) atoms. The molecule has 2 aromatic rings. The lowest BCUT2D eigenvalue weighted by Crippen LogP contribution is -2.22. The van der Waals surface area contributed by atoms with Crippen LogP contribution in [0.4, 0.5) is 0 Å². The third kappa shape index (κ3) is 3.11. The molecule has 0 spiro atoms. The summed E-state index contributed by atoms with van der Waals surface area (Å²) in [6.45, 7) is 2.98. The first-order chi connectivity index (χ1) is 10.3. The average molecular weight is 281 g/mol. The molecule has 2 nitrogen and oxygen atoms in total. The van der Waals surface area contributed by atoms with E-state index in [1.54, 1.807) is 0 Å². The van der Waals surface area contributed by atoms with Crippen LogP contribution < -0.4 is 10.1 Å². The molecule has 0 radical (unpaired) electrons. The molecule has 2 unspecified atom stereocenters. The molecule has 110 valence electrons. The van der Waals surface area contributed by atoms with E-state index in [1.807, 2.05) is 0 Å². The Hall–Kier alpha value is -1.80. The minimum atomic E-state index is 0.390. The molecule has 1 aliphatic rings. The fourth-order valence-electron chi connectivity index (χ4n) is 3.25. The van der Waals surface area contributed by atoms with Crippen molar-refractivity contribution in [1.82, 2.24) is 5.32 Å². The zero-order valence-electron chi connectivity index (χ0n) is 12.8. The molecule has 2 heteroatoms. The van der Waals surface area contributed by atoms with Gasteiger partial charge in [-0.2, -0.15) is 0 Å². The van der Waals surface area contributed by atoms with Crippen molar-refractivity contribution in [3.8, 4) is 5.75 Å². The quantitative estimate of drug-likeness (QED) is 0.906. The maximum atomic E-state index is 5.77. The summed E-state index contributed by atoms with van der Waals surface area (Å²) >= 11 is 0. The summed E-state index contributed by atoms with van der Waals surface area (Å²) in [6, 6.07) is 17.7. The summed E-state index contributed by atoms with van der Waals surface area (Å²) < 4.78 is 5.77. The molecule has 2 aromatic carbocycles. The number of aryl methyl sites for hydroxylation is 1. The maximum absolute atomic E-state index is 5.77. The van der Waals surface area contributed by atoms with Crippen molar-refractivity contribution in [3.63, 3.8) is 0 Å². The molecule has 3 rings (SSSR count). The van der Waals surface area contributed by atoms with E-state index in [0.717, 1.165) is 25.2 Å². The van der Waals surface area contributed by atoms with Crippen LogP contribution in [0.5, 0.6) is 5.75 Å². The van der Waals surface area contributed by atoms with Gasteiger partial charge in [0.05, 0.1) is 6.61 Å². The third-order valence-electron chi connectivity index (χ3n) is 4.40. The first-order valence-electron chi connectivity index (χ1n) is 7.73. The second-order valence-corrected chi connectivity index (χ2v) is 5.86. The zero-order chi connectivity index (χ0) is 14.7. The van der Waals surface area contributed by atoms with Crippen LogP contribution >= 0.6 is 0 Å². The van der Waals surface area contributed by atoms with Gasteiger partial charge in [0.1, 0.15) is 5.75 Å². The highest BCUT2D eigenvalue weighted by molar-refractivity contribution is 5.38. The number of hydrogen-bond acceptors (Lipinski definition) is 2. The van der Waals surface area contributed by atoms with Crippen LogP contribution in [0.25, 0.3) is 0 Å². The predicted octanol–water partition coefficient (Wildman–Crippen LogP) is 4.21. The topological polar surface area (TPSA) is 21.3 Å². The molecular weight excluding hydrogens is 258 g/mol. The highest BCUT2D eigenvalue weighted by Crippen LogP contribution is 2.38. The second-order valence-electron chi connectivity index (χ2n) is 5.86. The van der Waals surface area contributed by atoms with Crippen LogP contribution in [0.2, 0.25) is 0 Å². The molecule has 1 heterocycles. The van der Waals surface area contributed by atoms with Crippen molar-refractivity contribution in [2.75, 3.05) is 13.7 Å². The monoisotopic (exact) mass is 281 g/mol. The van der Waals surface area contributed by atoms with Gasteiger partial charge in [0.15, 0.2) is 0 Å². The van der Waals surface area contributed by atoms with E-state index >= 15 is 0 Å². The van der Waals surface area contributed by atoms with E-state index in [0.29, 0.717) is 12.0 Å². The van der Waals surface area contributed by atoms with E-state index in [1.165, 1.54) is 16.7 Å². The minimum absolute atomic E-state index is 0.390. The van der Waals surface area contributed by atoms with Crippen molar-refractivity contribution >= 4 is 0 Å². The number of rotatable bonds is 4. The summed E-state index contributed by atoms with van der Waals surface area (Å²) in [6.07, 6.45) is 2.21. The summed E-state index contributed by atoms with van der Waals surface area (Å²) in [7, 11) is 2.05. The number of benzene rings is 2. The van der Waals surface area contributed by atoms with E-state index < -0.39 is 0 Å². The highest BCUT2D eigenvalue weighted by atomic mass is 16.5. The smallest absolute Gasteiger partial charge is 0.122 e. The molecule has 0 aliphatic carbocycles. The maximum Gasteiger partial charge on any atom is 0.122 e. The van der Waals surface area contributed by atoms with Crippen LogP contribution in [0.3, 0.4) is 0 Å². The van der Waals surface area contributed by atoms with Gasteiger partial charge in [0.2, 0.25) is 0 Å². The Balaban J connectivity index is 1.82. The lowest BCUT2D eigenvalue weighted by atomic mass is 9.85. The summed E-state index contributed by atoms with van der Waals surface area (Å²) in [4.78, 5) is 0. The van der Waals surface area contributed by atoms with Crippen molar-refractivity contribution in [2.24, 2.45) is 0 Å². The van der Waals surface area contributed by atoms with Crippen LogP contribution in [0, 0.1) is 6.92 Å². The van der Waals surface area contributed by atoms with Crippen LogP contribution in [-0.4, -0.2) is 13.7 Å². The molecular formula is C19H23NO. The Bertz CT molecular complexity index is 608. The van der Waals surface area contributed by atoms with Gasteiger partial charge in [-0.05, 0) is 49.9 Å². The van der Waals surface area contributed by atoms with Gasteiger partial charge in [0.25, 0.3) is 0 Å². The van der Waals surface area contributed by atoms with Crippen LogP contribution in [0.1, 0.15) is 41.5 Å². The fourth-order valence-corrected chi connectivity index (χ4v) is 3.25. The van der Waals surface area contributed by atoms with Gasteiger partial charge in [-0.25, -0.2) is 0 Å². The Kier molecular flexibility index (Phi) is 4.26. The first-order valence-corrected chi connectivity index (χ1v) is 7.73. The van der Waals surface area contributed by atoms with E-state index in [2.05, 4.69) is 67.8 Å². The lowest BCUT2D eigenvalue weighted by molar-refractivity contribution is 0.256. The predicted molar refractivity (Wildman–Crippen MR) is 86.9 cm³/mol. The van der Waals surface area contributed by atoms with E-state index in [9.17, 15) is 0 Å². The standard InChI is InChI=1S/C19H23NO/c1-14-6-5-7-16(12-14)18(20-2)13-15-10-11-21-19-9-4-3-8-17(15)19/h3-9,12,15,18,20H,10-11,13H2,1-2H3. The number of para-hydroxylation sites is 1. The molecule has 0 fully saturated rings. The van der Waals surface area contributed by atoms with Crippen molar-refractivity contribution < 1.29 is 4.74 Å². The molecule has 0 bridgehead atoms. The number of hydrogen-bond donors (Lipinski definition) is 1. The van der Waals surface area contributed by atoms with Crippen LogP contribution in [-0.2, 0) is 0 Å². The number of nitrogens with one attached hydrogen (secondary N) is 1. The van der Waals surface area contributed by atoms with Crippen molar-refractivity contribution in [2.45, 2.75) is 31.7 Å². The van der Waals surface area contributed by atoms with Gasteiger partial charge < -0.3 is 10.1 Å². The van der Waals surface area contributed by atoms with Crippen molar-refractivity contribution in [1.29, 1.82) is 0 Å². The molecule has 0 saturated carbocycles. The Morgan fingerprint density at radius 3 is 2.86 bits per heavy atom. The Morgan fingerprint density at radius 1 is 1.19 bits per heavy atom. The molecule has 0 aromatic heterocycles. The molecule has 0 saturated heterocycles. The Morgan fingerprint density at radius 2 is 2.05 bits per heavy atom. The molecule has 1 aliphatic heterocycles. The normalized spacial score (nSPS) is 18.7. The SMILES string of the molecule is CNC(CC1CCOc2ccccc21)c1cccc(C)c1. The van der Waals surface area contributed by atoms with Gasteiger partial charge in [-0.15, -0.1) is 0 Å². The van der Waals surface area contributed by atoms with Crippen molar-refractivity contribution in [3.05, 3.63) is 65.2 Å². The third-order valence-corrected chi connectivity index (χ3v) is 4.40. The lowest BCUT2D eigenvalue weighted by Gasteiger charge is -2.29. The Labute approximate surface area is 127 Å². The zero-order valence-corrected chi connectivity index (χ0v) is 12.8. The number of ether oxygens (including phenoxy) is 1. The second kappa shape index (κ2) is 6.31. The van der Waals surface area contributed by atoms with Gasteiger partial charge in [-0.3, -0.25) is 0 Å². The molecule has 0 amide bonds. The largest absolute Gasteiger partial charge is 0.493 e. The fraction of sp³-hybridized carbons (Fsp3) is 0.368. The average Bonchev–Trinajstić information content (AvgIpc) is 2.52. The van der Waals surface area contributed by atoms with Crippen LogP contribution in [0.15, 0.2) is 48.5 Å². The molecule has 1 N–H and O–H groups in total.